The topological polar surface area (TPSA) is 45.2 Å². The van der Waals surface area contributed by atoms with Gasteiger partial charge in [-0.2, -0.15) is 0 Å². The highest BCUT2D eigenvalue weighted by atomic mass is 32.2. The Hall–Kier alpha value is -7.16. The van der Waals surface area contributed by atoms with E-state index in [0.717, 1.165) is 80.0 Å². The van der Waals surface area contributed by atoms with Crippen LogP contribution in [0.2, 0.25) is 0 Å². The van der Waals surface area contributed by atoms with Crippen LogP contribution in [-0.2, 0) is 0 Å². The number of rotatable bonds is 7. The van der Waals surface area contributed by atoms with Gasteiger partial charge in [0.25, 0.3) is 0 Å². The number of benzene rings is 5. The normalized spacial score (nSPS) is 25.9. The van der Waals surface area contributed by atoms with Crippen molar-refractivity contribution in [2.75, 3.05) is 4.90 Å². The second kappa shape index (κ2) is 18.3. The van der Waals surface area contributed by atoms with Crippen LogP contribution >= 0.6 is 23.1 Å². The van der Waals surface area contributed by atoms with E-state index in [-0.39, 0.29) is 5.92 Å². The minimum atomic E-state index is 0.245. The first kappa shape index (κ1) is 45.1. The second-order valence-corrected chi connectivity index (χ2v) is 24.5. The minimum Gasteiger partial charge on any atom is -0.313 e. The van der Waals surface area contributed by atoms with E-state index in [9.17, 15) is 0 Å². The zero-order valence-electron chi connectivity index (χ0n) is 42.4. The summed E-state index contributed by atoms with van der Waals surface area (Å²) in [5.74, 6) is 3.58. The Balaban J connectivity index is 0.839. The molecule has 7 atom stereocenters. The van der Waals surface area contributed by atoms with E-state index in [1.54, 1.807) is 11.1 Å². The highest BCUT2D eigenvalue weighted by molar-refractivity contribution is 8.00. The Labute approximate surface area is 453 Å². The maximum absolute atomic E-state index is 5.54. The molecule has 76 heavy (non-hydrogen) atoms. The van der Waals surface area contributed by atoms with Gasteiger partial charge in [0.1, 0.15) is 5.82 Å². The molecule has 1 fully saturated rings. The number of aromatic nitrogens is 3. The number of hydrogen-bond acceptors (Lipinski definition) is 7. The van der Waals surface area contributed by atoms with Gasteiger partial charge >= 0.3 is 0 Å². The van der Waals surface area contributed by atoms with Crippen molar-refractivity contribution in [1.29, 1.82) is 0 Å². The molecule has 6 aliphatic carbocycles. The monoisotopic (exact) mass is 1020 g/mol. The minimum absolute atomic E-state index is 0.245. The van der Waals surface area contributed by atoms with E-state index in [2.05, 4.69) is 216 Å². The number of anilines is 2. The maximum atomic E-state index is 5.54. The highest BCUT2D eigenvalue weighted by Gasteiger charge is 2.50. The van der Waals surface area contributed by atoms with E-state index >= 15 is 0 Å². The molecule has 3 aliphatic heterocycles. The zero-order chi connectivity index (χ0) is 49.8. The molecule has 0 spiro atoms. The summed E-state index contributed by atoms with van der Waals surface area (Å²) in [7, 11) is 0. The molecular formula is C69H57N5S2. The Morgan fingerprint density at radius 3 is 2.37 bits per heavy atom. The van der Waals surface area contributed by atoms with Crippen molar-refractivity contribution in [3.05, 3.63) is 239 Å². The summed E-state index contributed by atoms with van der Waals surface area (Å²) in [6.07, 6.45) is 42.4. The third-order valence-electron chi connectivity index (χ3n) is 18.0. The summed E-state index contributed by atoms with van der Waals surface area (Å²) in [5, 5.41) is 3.10. The van der Waals surface area contributed by atoms with Gasteiger partial charge in [-0.15, -0.1) is 23.1 Å². The van der Waals surface area contributed by atoms with Gasteiger partial charge in [0, 0.05) is 88.7 Å². The molecule has 16 rings (SSSR count). The predicted octanol–water partition coefficient (Wildman–Crippen LogP) is 17.3. The molecule has 7 aromatic rings. The number of nitrogens with zero attached hydrogens (tertiary/aromatic N) is 5. The fourth-order valence-corrected chi connectivity index (χ4v) is 16.9. The van der Waals surface area contributed by atoms with Crippen LogP contribution in [-0.4, -0.2) is 43.2 Å². The van der Waals surface area contributed by atoms with Gasteiger partial charge in [0.2, 0.25) is 0 Å². The maximum Gasteiger partial charge on any atom is 0.164 e. The predicted molar refractivity (Wildman–Crippen MR) is 318 cm³/mol. The highest BCUT2D eigenvalue weighted by Crippen LogP contribution is 2.57. The molecule has 370 valence electrons. The van der Waals surface area contributed by atoms with Gasteiger partial charge in [0.05, 0.1) is 5.69 Å². The first-order valence-electron chi connectivity index (χ1n) is 27.8. The molecule has 1 saturated heterocycles. The fraction of sp³-hybridized carbons (Fsp3) is 0.232. The van der Waals surface area contributed by atoms with Crippen molar-refractivity contribution in [3.63, 3.8) is 0 Å². The number of para-hydroxylation sites is 1. The van der Waals surface area contributed by atoms with Gasteiger partial charge in [-0.05, 0) is 163 Å². The molecule has 7 heteroatoms. The van der Waals surface area contributed by atoms with Gasteiger partial charge in [-0.25, -0.2) is 15.0 Å². The number of allylic oxidation sites excluding steroid dienone is 14. The van der Waals surface area contributed by atoms with Crippen LogP contribution in [0.15, 0.2) is 210 Å². The van der Waals surface area contributed by atoms with E-state index < -0.39 is 0 Å². The molecule has 5 nitrogen and oxygen atoms in total. The molecule has 9 aliphatic rings. The average Bonchev–Trinajstić information content (AvgIpc) is 4.27. The lowest BCUT2D eigenvalue weighted by Gasteiger charge is -2.38. The smallest absolute Gasteiger partial charge is 0.164 e. The first-order chi connectivity index (χ1) is 37.6. The van der Waals surface area contributed by atoms with Crippen molar-refractivity contribution in [2.45, 2.75) is 97.9 Å². The summed E-state index contributed by atoms with van der Waals surface area (Å²) < 4.78 is 2.67. The van der Waals surface area contributed by atoms with Crippen molar-refractivity contribution < 1.29 is 0 Å². The molecule has 5 aromatic carbocycles. The van der Waals surface area contributed by atoms with Crippen LogP contribution in [0.4, 0.5) is 11.4 Å². The van der Waals surface area contributed by atoms with Crippen LogP contribution in [0.5, 0.6) is 0 Å². The van der Waals surface area contributed by atoms with Crippen molar-refractivity contribution in [1.82, 2.24) is 19.9 Å². The van der Waals surface area contributed by atoms with Gasteiger partial charge in [0.15, 0.2) is 11.6 Å². The van der Waals surface area contributed by atoms with Gasteiger partial charge in [-0.3, -0.25) is 4.90 Å². The molecular weight excluding hydrogens is 963 g/mol. The van der Waals surface area contributed by atoms with E-state index in [0.29, 0.717) is 35.2 Å². The molecule has 0 radical (unpaired) electrons. The third-order valence-corrected chi connectivity index (χ3v) is 20.5. The lowest BCUT2D eigenvalue weighted by Crippen LogP contribution is -2.45. The Kier molecular flexibility index (Phi) is 10.8. The molecule has 0 saturated carbocycles. The second-order valence-electron chi connectivity index (χ2n) is 22.1. The Morgan fingerprint density at radius 2 is 1.49 bits per heavy atom. The zero-order valence-corrected chi connectivity index (χ0v) is 44.1. The first-order valence-corrected chi connectivity index (χ1v) is 29.5. The van der Waals surface area contributed by atoms with Crippen molar-refractivity contribution in [3.8, 4) is 11.4 Å². The summed E-state index contributed by atoms with van der Waals surface area (Å²) in [6.45, 7) is 0. The number of thioether (sulfide) groups is 1. The van der Waals surface area contributed by atoms with Gasteiger partial charge < -0.3 is 4.90 Å². The van der Waals surface area contributed by atoms with Crippen molar-refractivity contribution >= 4 is 76.9 Å². The third kappa shape index (κ3) is 7.40. The van der Waals surface area contributed by atoms with Crippen LogP contribution in [0.25, 0.3) is 53.9 Å². The lowest BCUT2D eigenvalue weighted by molar-refractivity contribution is 0.170. The fourth-order valence-electron chi connectivity index (χ4n) is 14.4. The quantitative estimate of drug-likeness (QED) is 0.148. The number of fused-ring (bicyclic) bond motifs is 12. The molecule has 7 unspecified atom stereocenters. The van der Waals surface area contributed by atoms with E-state index in [1.165, 1.54) is 82.0 Å². The molecule has 2 aromatic heterocycles. The van der Waals surface area contributed by atoms with Crippen molar-refractivity contribution in [2.24, 2.45) is 5.92 Å². The van der Waals surface area contributed by atoms with Gasteiger partial charge in [-0.1, -0.05) is 134 Å². The van der Waals surface area contributed by atoms with Crippen LogP contribution in [0.1, 0.15) is 104 Å². The molecule has 0 amide bonds. The number of hydrogen-bond donors (Lipinski definition) is 0. The van der Waals surface area contributed by atoms with E-state index in [4.69, 9.17) is 15.0 Å². The Bertz CT molecular complexity index is 3900. The summed E-state index contributed by atoms with van der Waals surface area (Å²) >= 11 is 4.02. The summed E-state index contributed by atoms with van der Waals surface area (Å²) in [6, 6.07) is 42.4. The standard InChI is InChI=1S/C69H57N5S2/c1-5-17-42(18-6-1)67-70-68(43-19-7-2-8-20-43)72-69(71-67)58-36-44(45-30-33-63-54(35-45)56-38-61-52(40-65(56)75-63)50-25-13-15-27-59(50)73(61)47-21-9-3-10-22-47)29-32-49(58)46-31-34-64-55(37-46)57-39-62-53(41-66(57)76-64)51-26-14-16-28-60(51)74(62)48-23-11-4-12-24-48/h1-7,9-18,21,23-25,28,30-31,33-39,41,43,47,51-52,59,61,65H,8,19-20,22,26-27,29,32,40H2. The summed E-state index contributed by atoms with van der Waals surface area (Å²) in [4.78, 5) is 23.1. The largest absolute Gasteiger partial charge is 0.313 e. The molecule has 5 heterocycles. The van der Waals surface area contributed by atoms with Crippen LogP contribution in [0, 0.1) is 5.92 Å². The van der Waals surface area contributed by atoms with Crippen LogP contribution in [0.3, 0.4) is 0 Å². The van der Waals surface area contributed by atoms with Crippen LogP contribution < -0.4 is 4.90 Å². The number of likely N-dealkylation sites (tertiary alicyclic amines) is 1. The average molecular weight is 1020 g/mol. The number of thiophene rings is 1. The molecule has 0 bridgehead atoms. The van der Waals surface area contributed by atoms with E-state index in [1.807, 2.05) is 11.3 Å². The SMILES string of the molecule is C1=CCC2C(=C1)N(c1ccccc1)c1cc3c(cc12)sc1ccc(C2=C(c4nc(-c5ccccc5)nc(C5CC=CCC5)n4)C=C(c4ccc5c(c4)C4=CC6C(CC4S5)C4=CC=CCC4N6C4C=CC=CC4)CC2)cc13. The lowest BCUT2D eigenvalue weighted by atomic mass is 9.79. The summed E-state index contributed by atoms with van der Waals surface area (Å²) in [5.41, 5.74) is 17.3. The Morgan fingerprint density at radius 1 is 0.645 bits per heavy atom. The molecule has 0 N–H and O–H groups in total.